The molecule has 1 aromatic rings. The molecule has 4 nitrogen and oxygen atoms in total. The summed E-state index contributed by atoms with van der Waals surface area (Å²) in [5.74, 6) is -1.86. The molecule has 0 spiro atoms. The molecule has 0 heterocycles. The van der Waals surface area contributed by atoms with Gasteiger partial charge in [0, 0.05) is 6.42 Å². The van der Waals surface area contributed by atoms with E-state index >= 15 is 0 Å². The summed E-state index contributed by atoms with van der Waals surface area (Å²) in [6, 6.07) is 8.84. The van der Waals surface area contributed by atoms with Crippen LogP contribution in [0.5, 0.6) is 0 Å². The number of carbonyl (C=O) groups is 2. The highest BCUT2D eigenvalue weighted by molar-refractivity contribution is 6.46. The number of primary amides is 2. The lowest BCUT2D eigenvalue weighted by atomic mass is 9.97. The number of hydrogen-bond donors (Lipinski definition) is 2. The van der Waals surface area contributed by atoms with Crippen molar-refractivity contribution in [1.82, 2.24) is 0 Å². The van der Waals surface area contributed by atoms with Crippen LogP contribution in [-0.4, -0.2) is 16.7 Å². The Kier molecular flexibility index (Phi) is 3.31. The number of carbonyl (C=O) groups excluding carboxylic acids is 2. The Morgan fingerprint density at radius 3 is 2.00 bits per heavy atom. The third-order valence-electron chi connectivity index (χ3n) is 2.07. The van der Waals surface area contributed by atoms with Crippen molar-refractivity contribution in [3.8, 4) is 0 Å². The molecule has 1 aromatic carbocycles. The molecule has 0 aliphatic rings. The van der Waals surface area contributed by atoms with Crippen LogP contribution in [0.3, 0.4) is 0 Å². The minimum Gasteiger partial charge on any atom is -0.368 e. The summed E-state index contributed by atoms with van der Waals surface area (Å²) < 4.78 is 0. The van der Waals surface area contributed by atoms with Crippen LogP contribution in [0.15, 0.2) is 30.3 Å². The number of rotatable bonds is 4. The minimum atomic E-state index is -1.85. The molecule has 0 saturated carbocycles. The lowest BCUT2D eigenvalue weighted by molar-refractivity contribution is -0.129. The fourth-order valence-electron chi connectivity index (χ4n) is 1.17. The quantitative estimate of drug-likeness (QED) is 0.567. The van der Waals surface area contributed by atoms with Gasteiger partial charge >= 0.3 is 0 Å². The molecule has 80 valence electrons. The second-order valence-electron chi connectivity index (χ2n) is 3.19. The van der Waals surface area contributed by atoms with E-state index in [2.05, 4.69) is 0 Å². The highest BCUT2D eigenvalue weighted by atomic mass is 35.5. The van der Waals surface area contributed by atoms with Crippen LogP contribution in [0.4, 0.5) is 0 Å². The zero-order valence-corrected chi connectivity index (χ0v) is 8.70. The van der Waals surface area contributed by atoms with Crippen molar-refractivity contribution in [2.45, 2.75) is 11.3 Å². The molecule has 0 saturated heterocycles. The summed E-state index contributed by atoms with van der Waals surface area (Å²) in [5, 5.41) is 0. The second-order valence-corrected chi connectivity index (χ2v) is 3.84. The summed E-state index contributed by atoms with van der Waals surface area (Å²) >= 11 is 5.79. The third-order valence-corrected chi connectivity index (χ3v) is 2.58. The number of nitrogens with two attached hydrogens (primary N) is 2. The second kappa shape index (κ2) is 4.31. The van der Waals surface area contributed by atoms with E-state index in [0.29, 0.717) is 0 Å². The summed E-state index contributed by atoms with van der Waals surface area (Å²) in [4.78, 5) is 20.3. The van der Waals surface area contributed by atoms with Gasteiger partial charge in [-0.05, 0) is 5.56 Å². The van der Waals surface area contributed by atoms with Crippen LogP contribution in [-0.2, 0) is 16.0 Å². The molecule has 2 amide bonds. The molecule has 15 heavy (non-hydrogen) atoms. The van der Waals surface area contributed by atoms with Crippen LogP contribution >= 0.6 is 11.6 Å². The van der Waals surface area contributed by atoms with Gasteiger partial charge in [0.05, 0.1) is 0 Å². The number of alkyl halides is 1. The maximum absolute atomic E-state index is 11.1. The molecule has 0 atom stereocenters. The van der Waals surface area contributed by atoms with E-state index in [1.54, 1.807) is 24.3 Å². The molecular weight excluding hydrogens is 216 g/mol. The van der Waals surface area contributed by atoms with E-state index in [9.17, 15) is 9.59 Å². The van der Waals surface area contributed by atoms with Gasteiger partial charge in [0.25, 0.3) is 0 Å². The Hall–Kier alpha value is -1.55. The Morgan fingerprint density at radius 2 is 1.60 bits per heavy atom. The van der Waals surface area contributed by atoms with Gasteiger partial charge in [0.1, 0.15) is 0 Å². The first-order valence-electron chi connectivity index (χ1n) is 4.29. The average Bonchev–Trinajstić information content (AvgIpc) is 2.18. The zero-order valence-electron chi connectivity index (χ0n) is 7.94. The normalized spacial score (nSPS) is 11.0. The number of amides is 2. The lowest BCUT2D eigenvalue weighted by Gasteiger charge is -2.19. The summed E-state index contributed by atoms with van der Waals surface area (Å²) in [6.07, 6.45) is 0.0000617. The minimum absolute atomic E-state index is 0.0000617. The van der Waals surface area contributed by atoms with Crippen molar-refractivity contribution in [2.75, 3.05) is 0 Å². The molecule has 0 aliphatic heterocycles. The van der Waals surface area contributed by atoms with Crippen LogP contribution in [0.2, 0.25) is 0 Å². The van der Waals surface area contributed by atoms with Crippen molar-refractivity contribution < 1.29 is 9.59 Å². The summed E-state index contributed by atoms with van der Waals surface area (Å²) in [5.41, 5.74) is 10.8. The van der Waals surface area contributed by atoms with Gasteiger partial charge in [-0.3, -0.25) is 9.59 Å². The zero-order chi connectivity index (χ0) is 11.5. The molecule has 0 aliphatic carbocycles. The van der Waals surface area contributed by atoms with Crippen molar-refractivity contribution >= 4 is 23.4 Å². The van der Waals surface area contributed by atoms with Crippen LogP contribution in [0.1, 0.15) is 5.56 Å². The van der Waals surface area contributed by atoms with E-state index in [1.807, 2.05) is 6.07 Å². The Labute approximate surface area is 92.2 Å². The summed E-state index contributed by atoms with van der Waals surface area (Å²) in [7, 11) is 0. The number of halogens is 1. The number of benzene rings is 1. The van der Waals surface area contributed by atoms with Crippen LogP contribution in [0.25, 0.3) is 0 Å². The molecule has 0 bridgehead atoms. The first-order chi connectivity index (χ1) is 6.97. The summed E-state index contributed by atoms with van der Waals surface area (Å²) in [6.45, 7) is 0. The Bertz CT molecular complexity index is 364. The van der Waals surface area contributed by atoms with E-state index in [4.69, 9.17) is 23.1 Å². The largest absolute Gasteiger partial charge is 0.368 e. The van der Waals surface area contributed by atoms with Crippen LogP contribution in [0, 0.1) is 0 Å². The monoisotopic (exact) mass is 226 g/mol. The number of hydrogen-bond acceptors (Lipinski definition) is 2. The SMILES string of the molecule is NC(=O)C(Cl)(Cc1ccccc1)C(N)=O. The topological polar surface area (TPSA) is 86.2 Å². The molecule has 4 N–H and O–H groups in total. The standard InChI is InChI=1S/C10H11ClN2O2/c11-10(8(12)14,9(13)15)6-7-4-2-1-3-5-7/h1-5H,6H2,(H2,12,14)(H2,13,15). The molecule has 0 aromatic heterocycles. The van der Waals surface area contributed by atoms with Gasteiger partial charge in [-0.25, -0.2) is 0 Å². The Morgan fingerprint density at radius 1 is 1.13 bits per heavy atom. The van der Waals surface area contributed by atoms with Gasteiger partial charge in [-0.1, -0.05) is 41.9 Å². The molecular formula is C10H11ClN2O2. The first-order valence-corrected chi connectivity index (χ1v) is 4.67. The van der Waals surface area contributed by atoms with Gasteiger partial charge in [-0.15, -0.1) is 0 Å². The van der Waals surface area contributed by atoms with Crippen LogP contribution < -0.4 is 11.5 Å². The predicted octanol–water partition coefficient (Wildman–Crippen LogP) is 0.177. The van der Waals surface area contributed by atoms with E-state index in [0.717, 1.165) is 5.56 Å². The maximum Gasteiger partial charge on any atom is 0.248 e. The van der Waals surface area contributed by atoms with E-state index in [1.165, 1.54) is 0 Å². The Balaban J connectivity index is 2.95. The van der Waals surface area contributed by atoms with Gasteiger partial charge in [0.2, 0.25) is 16.7 Å². The average molecular weight is 227 g/mol. The maximum atomic E-state index is 11.1. The van der Waals surface area contributed by atoms with Crippen molar-refractivity contribution in [3.05, 3.63) is 35.9 Å². The fraction of sp³-hybridized carbons (Fsp3) is 0.200. The van der Waals surface area contributed by atoms with Crippen molar-refractivity contribution in [2.24, 2.45) is 11.5 Å². The molecule has 0 radical (unpaired) electrons. The van der Waals surface area contributed by atoms with E-state index < -0.39 is 16.7 Å². The van der Waals surface area contributed by atoms with Gasteiger partial charge in [0.15, 0.2) is 0 Å². The third kappa shape index (κ3) is 2.47. The fourth-order valence-corrected chi connectivity index (χ4v) is 1.33. The van der Waals surface area contributed by atoms with Crippen molar-refractivity contribution in [1.29, 1.82) is 0 Å². The highest BCUT2D eigenvalue weighted by Gasteiger charge is 2.40. The smallest absolute Gasteiger partial charge is 0.248 e. The molecule has 0 unspecified atom stereocenters. The molecule has 1 rings (SSSR count). The highest BCUT2D eigenvalue weighted by Crippen LogP contribution is 2.20. The predicted molar refractivity (Wildman–Crippen MR) is 57.1 cm³/mol. The molecule has 0 fully saturated rings. The molecule has 5 heteroatoms. The lowest BCUT2D eigenvalue weighted by Crippen LogP contribution is -2.51. The first kappa shape index (κ1) is 11.5. The van der Waals surface area contributed by atoms with Gasteiger partial charge < -0.3 is 11.5 Å². The van der Waals surface area contributed by atoms with Gasteiger partial charge in [-0.2, -0.15) is 0 Å². The van der Waals surface area contributed by atoms with Crippen molar-refractivity contribution in [3.63, 3.8) is 0 Å². The van der Waals surface area contributed by atoms with E-state index in [-0.39, 0.29) is 6.42 Å².